The number of imidazole rings is 1. The highest BCUT2D eigenvalue weighted by Crippen LogP contribution is 2.23. The van der Waals surface area contributed by atoms with Gasteiger partial charge in [0.2, 0.25) is 0 Å². The zero-order chi connectivity index (χ0) is 14.1. The molecule has 3 rings (SSSR count). The predicted octanol–water partition coefficient (Wildman–Crippen LogP) is 3.39. The van der Waals surface area contributed by atoms with Crippen molar-refractivity contribution in [3.8, 4) is 0 Å². The molecule has 0 spiro atoms. The quantitative estimate of drug-likeness (QED) is 0.809. The van der Waals surface area contributed by atoms with Crippen molar-refractivity contribution in [3.63, 3.8) is 0 Å². The van der Waals surface area contributed by atoms with Gasteiger partial charge in [-0.1, -0.05) is 0 Å². The van der Waals surface area contributed by atoms with Gasteiger partial charge in [-0.15, -0.1) is 11.6 Å². The van der Waals surface area contributed by atoms with Crippen molar-refractivity contribution in [2.75, 3.05) is 24.0 Å². The first-order valence-corrected chi connectivity index (χ1v) is 7.73. The zero-order valence-corrected chi connectivity index (χ0v) is 12.5. The summed E-state index contributed by atoms with van der Waals surface area (Å²) >= 11 is 5.89. The molecule has 2 aromatic rings. The third-order valence-electron chi connectivity index (χ3n) is 3.91. The minimum Gasteiger partial charge on any atom is -0.311 e. The molecule has 5 heteroatoms. The topological polar surface area (TPSA) is 21.1 Å². The fraction of sp³-hybridized carbons (Fsp3) is 0.533. The molecule has 0 aliphatic carbocycles. The molecule has 0 N–H and O–H groups in total. The molecule has 1 fully saturated rings. The van der Waals surface area contributed by atoms with Crippen LogP contribution in [0, 0.1) is 12.7 Å². The summed E-state index contributed by atoms with van der Waals surface area (Å²) in [5, 5.41) is 2.32. The van der Waals surface area contributed by atoms with Crippen LogP contribution in [0.2, 0.25) is 0 Å². The first-order valence-electron chi connectivity index (χ1n) is 7.19. The van der Waals surface area contributed by atoms with Crippen LogP contribution in [0.4, 0.5) is 4.39 Å². The van der Waals surface area contributed by atoms with E-state index < -0.39 is 0 Å². The van der Waals surface area contributed by atoms with Crippen LogP contribution in [0.1, 0.15) is 30.7 Å². The van der Waals surface area contributed by atoms with Crippen LogP contribution >= 0.6 is 11.6 Å². The van der Waals surface area contributed by atoms with E-state index in [2.05, 4.69) is 14.7 Å². The fourth-order valence-electron chi connectivity index (χ4n) is 2.88. The first-order chi connectivity index (χ1) is 9.70. The van der Waals surface area contributed by atoms with Gasteiger partial charge in [-0.05, 0) is 37.8 Å². The first kappa shape index (κ1) is 13.7. The number of nitrogens with zero attached hydrogens (tertiary/aromatic N) is 3. The average molecular weight is 296 g/mol. The van der Waals surface area contributed by atoms with E-state index in [1.807, 2.05) is 6.07 Å². The van der Waals surface area contributed by atoms with Gasteiger partial charge in [-0.25, -0.2) is 14.1 Å². The maximum absolute atomic E-state index is 13.7. The van der Waals surface area contributed by atoms with Gasteiger partial charge in [0.25, 0.3) is 0 Å². The lowest BCUT2D eigenvalue weighted by atomic mass is 10.1. The van der Waals surface area contributed by atoms with Gasteiger partial charge in [0.05, 0.1) is 11.0 Å². The summed E-state index contributed by atoms with van der Waals surface area (Å²) in [7, 11) is 0. The molecule has 108 valence electrons. The number of hydrogen-bond acceptors (Lipinski definition) is 2. The lowest BCUT2D eigenvalue weighted by Crippen LogP contribution is -2.40. The van der Waals surface area contributed by atoms with Crippen LogP contribution < -0.4 is 5.01 Å². The molecule has 1 aliphatic heterocycles. The van der Waals surface area contributed by atoms with Gasteiger partial charge >= 0.3 is 0 Å². The number of rotatable bonds is 3. The number of piperidine rings is 1. The van der Waals surface area contributed by atoms with Crippen LogP contribution in [0.3, 0.4) is 0 Å². The average Bonchev–Trinajstić information content (AvgIpc) is 2.78. The van der Waals surface area contributed by atoms with Gasteiger partial charge in [-0.3, -0.25) is 0 Å². The molecule has 1 saturated heterocycles. The lowest BCUT2D eigenvalue weighted by molar-refractivity contribution is 0.476. The van der Waals surface area contributed by atoms with Crippen molar-refractivity contribution in [3.05, 3.63) is 29.3 Å². The van der Waals surface area contributed by atoms with Gasteiger partial charge in [0, 0.05) is 31.5 Å². The van der Waals surface area contributed by atoms with Crippen molar-refractivity contribution >= 4 is 22.6 Å². The van der Waals surface area contributed by atoms with Gasteiger partial charge in [0.15, 0.2) is 0 Å². The van der Waals surface area contributed by atoms with Crippen LogP contribution in [-0.4, -0.2) is 28.6 Å². The molecule has 20 heavy (non-hydrogen) atoms. The van der Waals surface area contributed by atoms with Crippen LogP contribution in [0.15, 0.2) is 12.1 Å². The molecular weight excluding hydrogens is 277 g/mol. The van der Waals surface area contributed by atoms with Crippen LogP contribution in [-0.2, 0) is 6.42 Å². The van der Waals surface area contributed by atoms with E-state index in [0.717, 1.165) is 29.9 Å². The van der Waals surface area contributed by atoms with E-state index in [9.17, 15) is 4.39 Å². The smallest absolute Gasteiger partial charge is 0.130 e. The van der Waals surface area contributed by atoms with Crippen molar-refractivity contribution in [1.29, 1.82) is 0 Å². The third-order valence-corrected chi connectivity index (χ3v) is 4.10. The monoisotopic (exact) mass is 295 g/mol. The lowest BCUT2D eigenvalue weighted by Gasteiger charge is -2.31. The number of benzene rings is 1. The Balaban J connectivity index is 2.14. The highest BCUT2D eigenvalue weighted by atomic mass is 35.5. The third kappa shape index (κ3) is 2.37. The van der Waals surface area contributed by atoms with Gasteiger partial charge < -0.3 is 5.01 Å². The highest BCUT2D eigenvalue weighted by molar-refractivity contribution is 6.17. The van der Waals surface area contributed by atoms with Crippen molar-refractivity contribution in [2.45, 2.75) is 32.6 Å². The van der Waals surface area contributed by atoms with E-state index in [4.69, 9.17) is 11.6 Å². The molecular formula is C15H19ClFN3. The molecule has 0 unspecified atom stereocenters. The molecule has 0 atom stereocenters. The summed E-state index contributed by atoms with van der Waals surface area (Å²) in [6, 6.07) is 3.42. The fourth-order valence-corrected chi connectivity index (χ4v) is 3.05. The number of aromatic nitrogens is 2. The molecule has 0 radical (unpaired) electrons. The molecule has 1 aromatic carbocycles. The number of aryl methyl sites for hydroxylation is 2. The predicted molar refractivity (Wildman–Crippen MR) is 80.7 cm³/mol. The van der Waals surface area contributed by atoms with E-state index in [1.54, 1.807) is 6.92 Å². The summed E-state index contributed by atoms with van der Waals surface area (Å²) < 4.78 is 15.9. The molecule has 2 heterocycles. The van der Waals surface area contributed by atoms with Crippen LogP contribution in [0.25, 0.3) is 11.0 Å². The largest absolute Gasteiger partial charge is 0.311 e. The number of alkyl halides is 1. The normalized spacial score (nSPS) is 16.1. The molecule has 0 amide bonds. The van der Waals surface area contributed by atoms with E-state index >= 15 is 0 Å². The summed E-state index contributed by atoms with van der Waals surface area (Å²) in [5.74, 6) is 1.26. The minimum absolute atomic E-state index is 0.196. The van der Waals surface area contributed by atoms with Crippen LogP contribution in [0.5, 0.6) is 0 Å². The standard InChI is InChI=1S/C15H19ClFN3/c1-11-9-14-13(10-12(11)17)18-15(5-6-16)20(14)19-7-3-2-4-8-19/h9-10H,2-8H2,1H3. The minimum atomic E-state index is -0.196. The second kappa shape index (κ2) is 5.60. The second-order valence-electron chi connectivity index (χ2n) is 5.38. The Bertz CT molecular complexity index is 617. The van der Waals surface area contributed by atoms with Crippen molar-refractivity contribution in [2.24, 2.45) is 0 Å². The SMILES string of the molecule is Cc1cc2c(cc1F)nc(CCCl)n2N1CCCCC1. The summed E-state index contributed by atoms with van der Waals surface area (Å²) in [4.78, 5) is 4.58. The molecule has 0 saturated carbocycles. The maximum atomic E-state index is 13.7. The maximum Gasteiger partial charge on any atom is 0.130 e. The molecule has 1 aliphatic rings. The Morgan fingerprint density at radius 2 is 2.00 bits per heavy atom. The zero-order valence-electron chi connectivity index (χ0n) is 11.7. The highest BCUT2D eigenvalue weighted by Gasteiger charge is 2.19. The Labute approximate surface area is 123 Å². The van der Waals surface area contributed by atoms with Gasteiger partial charge in [-0.2, -0.15) is 0 Å². The number of halogens is 2. The Kier molecular flexibility index (Phi) is 3.83. The van der Waals surface area contributed by atoms with Gasteiger partial charge in [0.1, 0.15) is 11.6 Å². The Morgan fingerprint density at radius 3 is 2.70 bits per heavy atom. The molecule has 0 bridgehead atoms. The summed E-state index contributed by atoms with van der Waals surface area (Å²) in [5.41, 5.74) is 2.37. The number of fused-ring (bicyclic) bond motifs is 1. The van der Waals surface area contributed by atoms with Crippen molar-refractivity contribution in [1.82, 2.24) is 9.66 Å². The van der Waals surface area contributed by atoms with E-state index in [1.165, 1.54) is 25.3 Å². The Hall–Kier alpha value is -1.29. The van der Waals surface area contributed by atoms with E-state index in [0.29, 0.717) is 17.9 Å². The Morgan fingerprint density at radius 1 is 1.25 bits per heavy atom. The summed E-state index contributed by atoms with van der Waals surface area (Å²) in [6.07, 6.45) is 4.37. The molecule has 1 aromatic heterocycles. The van der Waals surface area contributed by atoms with Crippen molar-refractivity contribution < 1.29 is 4.39 Å². The molecule has 3 nitrogen and oxygen atoms in total. The van der Waals surface area contributed by atoms with E-state index in [-0.39, 0.29) is 5.82 Å². The second-order valence-corrected chi connectivity index (χ2v) is 5.76. The summed E-state index contributed by atoms with van der Waals surface area (Å²) in [6.45, 7) is 3.85. The number of hydrogen-bond donors (Lipinski definition) is 0.